The molecule has 0 saturated heterocycles. The van der Waals surface area contributed by atoms with Crippen LogP contribution in [0.4, 0.5) is 0 Å². The number of phenols is 1. The zero-order valence-corrected chi connectivity index (χ0v) is 8.23. The zero-order valence-electron chi connectivity index (χ0n) is 8.23. The Morgan fingerprint density at radius 1 is 1.50 bits per heavy atom. The van der Waals surface area contributed by atoms with Crippen molar-refractivity contribution in [2.45, 2.75) is 12.5 Å². The summed E-state index contributed by atoms with van der Waals surface area (Å²) in [6.45, 7) is 0.546. The van der Waals surface area contributed by atoms with Gasteiger partial charge in [-0.25, -0.2) is 0 Å². The van der Waals surface area contributed by atoms with Crippen LogP contribution in [0.1, 0.15) is 18.0 Å². The molecule has 0 aliphatic carbocycles. The van der Waals surface area contributed by atoms with Crippen LogP contribution in [-0.2, 0) is 0 Å². The molecule has 5 N–H and O–H groups in total. The molecule has 0 amide bonds. The van der Waals surface area contributed by atoms with E-state index < -0.39 is 0 Å². The highest BCUT2D eigenvalue weighted by molar-refractivity contribution is 5.42. The summed E-state index contributed by atoms with van der Waals surface area (Å²) in [5.41, 5.74) is 12.2. The second-order valence-corrected chi connectivity index (χ2v) is 3.12. The fourth-order valence-electron chi connectivity index (χ4n) is 1.27. The third-order valence-corrected chi connectivity index (χ3v) is 2.11. The van der Waals surface area contributed by atoms with Gasteiger partial charge in [0.25, 0.3) is 0 Å². The molecule has 14 heavy (non-hydrogen) atoms. The van der Waals surface area contributed by atoms with E-state index in [9.17, 15) is 5.11 Å². The number of phenolic OH excluding ortho intramolecular Hbond substituents is 1. The molecule has 0 saturated carbocycles. The summed E-state index contributed by atoms with van der Waals surface area (Å²) in [5, 5.41) is 9.36. The van der Waals surface area contributed by atoms with Gasteiger partial charge < -0.3 is 21.3 Å². The first kappa shape index (κ1) is 10.8. The van der Waals surface area contributed by atoms with Gasteiger partial charge in [-0.05, 0) is 30.7 Å². The van der Waals surface area contributed by atoms with Gasteiger partial charge in [-0.2, -0.15) is 0 Å². The van der Waals surface area contributed by atoms with Crippen LogP contribution < -0.4 is 16.2 Å². The normalized spacial score (nSPS) is 12.5. The maximum absolute atomic E-state index is 9.36. The van der Waals surface area contributed by atoms with Crippen molar-refractivity contribution in [1.29, 1.82) is 0 Å². The van der Waals surface area contributed by atoms with E-state index in [0.29, 0.717) is 18.7 Å². The van der Waals surface area contributed by atoms with Gasteiger partial charge in [0.15, 0.2) is 11.5 Å². The van der Waals surface area contributed by atoms with Gasteiger partial charge >= 0.3 is 0 Å². The third-order valence-electron chi connectivity index (χ3n) is 2.11. The van der Waals surface area contributed by atoms with Crippen molar-refractivity contribution in [3.05, 3.63) is 23.8 Å². The molecule has 78 valence electrons. The first-order valence-electron chi connectivity index (χ1n) is 4.51. The molecule has 0 bridgehead atoms. The number of benzene rings is 1. The van der Waals surface area contributed by atoms with Crippen molar-refractivity contribution >= 4 is 0 Å². The lowest BCUT2D eigenvalue weighted by Gasteiger charge is -2.12. The van der Waals surface area contributed by atoms with Crippen molar-refractivity contribution in [3.8, 4) is 11.5 Å². The fourth-order valence-corrected chi connectivity index (χ4v) is 1.27. The predicted molar refractivity (Wildman–Crippen MR) is 55.3 cm³/mol. The smallest absolute Gasteiger partial charge is 0.160 e. The molecule has 1 aromatic carbocycles. The molecule has 0 unspecified atom stereocenters. The molecule has 0 fully saturated rings. The lowest BCUT2D eigenvalue weighted by atomic mass is 10.0. The van der Waals surface area contributed by atoms with Crippen LogP contribution in [0.25, 0.3) is 0 Å². The van der Waals surface area contributed by atoms with Crippen LogP contribution in [0.5, 0.6) is 11.5 Å². The van der Waals surface area contributed by atoms with Crippen LogP contribution in [0.2, 0.25) is 0 Å². The molecule has 0 aliphatic rings. The van der Waals surface area contributed by atoms with E-state index in [-0.39, 0.29) is 11.8 Å². The zero-order chi connectivity index (χ0) is 10.6. The van der Waals surface area contributed by atoms with Gasteiger partial charge in [-0.3, -0.25) is 0 Å². The Labute approximate surface area is 83.5 Å². The van der Waals surface area contributed by atoms with E-state index in [1.807, 2.05) is 0 Å². The Kier molecular flexibility index (Phi) is 3.73. The lowest BCUT2D eigenvalue weighted by molar-refractivity contribution is 0.372. The number of nitrogens with two attached hydrogens (primary N) is 2. The fraction of sp³-hybridized carbons (Fsp3) is 0.400. The Balaban J connectivity index is 2.88. The highest BCUT2D eigenvalue weighted by Gasteiger charge is 2.08. The summed E-state index contributed by atoms with van der Waals surface area (Å²) in [7, 11) is 1.51. The van der Waals surface area contributed by atoms with Gasteiger partial charge in [0.1, 0.15) is 0 Å². The molecule has 0 spiro atoms. The maximum Gasteiger partial charge on any atom is 0.160 e. The predicted octanol–water partition coefficient (Wildman–Crippen LogP) is 0.749. The molecule has 1 rings (SSSR count). The average Bonchev–Trinajstić information content (AvgIpc) is 2.19. The molecule has 0 heterocycles. The third kappa shape index (κ3) is 2.37. The molecule has 1 atom stereocenters. The largest absolute Gasteiger partial charge is 0.504 e. The van der Waals surface area contributed by atoms with Crippen LogP contribution in [0.3, 0.4) is 0 Å². The topological polar surface area (TPSA) is 81.5 Å². The van der Waals surface area contributed by atoms with E-state index in [4.69, 9.17) is 16.2 Å². The molecule has 0 aliphatic heterocycles. The summed E-state index contributed by atoms with van der Waals surface area (Å²) in [5.74, 6) is 0.561. The van der Waals surface area contributed by atoms with E-state index in [0.717, 1.165) is 5.56 Å². The van der Waals surface area contributed by atoms with Crippen molar-refractivity contribution in [2.24, 2.45) is 11.5 Å². The van der Waals surface area contributed by atoms with Crippen molar-refractivity contribution in [3.63, 3.8) is 0 Å². The molecular formula is C10H16N2O2. The molecule has 1 aromatic rings. The monoisotopic (exact) mass is 196 g/mol. The van der Waals surface area contributed by atoms with Gasteiger partial charge in [0, 0.05) is 6.04 Å². The summed E-state index contributed by atoms with van der Waals surface area (Å²) < 4.78 is 4.98. The van der Waals surface area contributed by atoms with Crippen LogP contribution >= 0.6 is 0 Å². The number of ether oxygens (including phenoxy) is 1. The Morgan fingerprint density at radius 2 is 2.21 bits per heavy atom. The number of hydrogen-bond donors (Lipinski definition) is 3. The SMILES string of the molecule is COc1cc([C@@H](N)CCN)ccc1O. The first-order valence-corrected chi connectivity index (χ1v) is 4.51. The summed E-state index contributed by atoms with van der Waals surface area (Å²) in [6, 6.07) is 4.98. The van der Waals surface area contributed by atoms with Crippen molar-refractivity contribution in [2.75, 3.05) is 13.7 Å². The van der Waals surface area contributed by atoms with Gasteiger partial charge in [0.2, 0.25) is 0 Å². The van der Waals surface area contributed by atoms with Crippen molar-refractivity contribution in [1.82, 2.24) is 0 Å². The molecule has 4 nitrogen and oxygen atoms in total. The lowest BCUT2D eigenvalue weighted by Crippen LogP contribution is -2.15. The van der Waals surface area contributed by atoms with Crippen LogP contribution in [0.15, 0.2) is 18.2 Å². The first-order chi connectivity index (χ1) is 6.69. The minimum absolute atomic E-state index is 0.102. The number of methoxy groups -OCH3 is 1. The molecular weight excluding hydrogens is 180 g/mol. The van der Waals surface area contributed by atoms with Gasteiger partial charge in [-0.15, -0.1) is 0 Å². The number of aromatic hydroxyl groups is 1. The minimum atomic E-state index is -0.102. The highest BCUT2D eigenvalue weighted by atomic mass is 16.5. The Morgan fingerprint density at radius 3 is 2.79 bits per heavy atom. The molecule has 0 radical (unpaired) electrons. The number of hydrogen-bond acceptors (Lipinski definition) is 4. The maximum atomic E-state index is 9.36. The highest BCUT2D eigenvalue weighted by Crippen LogP contribution is 2.28. The van der Waals surface area contributed by atoms with E-state index in [2.05, 4.69) is 0 Å². The Bertz CT molecular complexity index is 302. The van der Waals surface area contributed by atoms with Gasteiger partial charge in [0.05, 0.1) is 7.11 Å². The molecule has 0 aromatic heterocycles. The van der Waals surface area contributed by atoms with Crippen molar-refractivity contribution < 1.29 is 9.84 Å². The van der Waals surface area contributed by atoms with Crippen LogP contribution in [0, 0.1) is 0 Å². The summed E-state index contributed by atoms with van der Waals surface area (Å²) in [4.78, 5) is 0. The average molecular weight is 196 g/mol. The minimum Gasteiger partial charge on any atom is -0.504 e. The molecule has 4 heteroatoms. The standard InChI is InChI=1S/C10H16N2O2/c1-14-10-6-7(2-3-9(10)13)8(12)4-5-11/h2-3,6,8,13H,4-5,11-12H2,1H3/t8-/m0/s1. The number of rotatable bonds is 4. The van der Waals surface area contributed by atoms with E-state index in [1.54, 1.807) is 18.2 Å². The van der Waals surface area contributed by atoms with Crippen LogP contribution in [-0.4, -0.2) is 18.8 Å². The quantitative estimate of drug-likeness (QED) is 0.663. The Hall–Kier alpha value is -1.26. The summed E-state index contributed by atoms with van der Waals surface area (Å²) >= 11 is 0. The summed E-state index contributed by atoms with van der Waals surface area (Å²) in [6.07, 6.45) is 0.716. The van der Waals surface area contributed by atoms with Gasteiger partial charge in [-0.1, -0.05) is 6.07 Å². The second kappa shape index (κ2) is 4.83. The van der Waals surface area contributed by atoms with E-state index in [1.165, 1.54) is 7.11 Å². The van der Waals surface area contributed by atoms with E-state index >= 15 is 0 Å². The second-order valence-electron chi connectivity index (χ2n) is 3.12.